The summed E-state index contributed by atoms with van der Waals surface area (Å²) in [5.74, 6) is -0.701. The molecule has 0 radical (unpaired) electrons. The molecule has 0 saturated heterocycles. The van der Waals surface area contributed by atoms with Gasteiger partial charge in [0.15, 0.2) is 0 Å². The molecule has 0 unspecified atom stereocenters. The van der Waals surface area contributed by atoms with Gasteiger partial charge in [-0.05, 0) is 74.9 Å². The third-order valence-electron chi connectivity index (χ3n) is 4.91. The average Bonchev–Trinajstić information content (AvgIpc) is 2.73. The molecule has 0 aliphatic rings. The van der Waals surface area contributed by atoms with Crippen LogP contribution in [0.4, 0.5) is 15.8 Å². The van der Waals surface area contributed by atoms with Crippen molar-refractivity contribution >= 4 is 17.3 Å². The average molecular weight is 408 g/mol. The second-order valence-corrected chi connectivity index (χ2v) is 6.94. The molecule has 0 bridgehead atoms. The SMILES string of the molecule is CCN(CC)c1ccc(NC(=O)Cn2nc(-c3ccc(F)cc3)ccc2=O)c(C)c1. The largest absolute Gasteiger partial charge is 0.372 e. The predicted octanol–water partition coefficient (Wildman–Crippen LogP) is 3.84. The lowest BCUT2D eigenvalue weighted by molar-refractivity contribution is -0.117. The zero-order valence-corrected chi connectivity index (χ0v) is 17.4. The summed E-state index contributed by atoms with van der Waals surface area (Å²) in [6.07, 6.45) is 0. The Labute approximate surface area is 175 Å². The van der Waals surface area contributed by atoms with Crippen LogP contribution >= 0.6 is 0 Å². The van der Waals surface area contributed by atoms with Crippen LogP contribution in [0.15, 0.2) is 59.4 Å². The Morgan fingerprint density at radius 2 is 1.77 bits per heavy atom. The zero-order chi connectivity index (χ0) is 21.7. The fourth-order valence-corrected chi connectivity index (χ4v) is 3.24. The van der Waals surface area contributed by atoms with E-state index < -0.39 is 0 Å². The maximum absolute atomic E-state index is 13.1. The van der Waals surface area contributed by atoms with E-state index in [0.717, 1.165) is 29.0 Å². The van der Waals surface area contributed by atoms with E-state index in [1.807, 2.05) is 25.1 Å². The van der Waals surface area contributed by atoms with Gasteiger partial charge < -0.3 is 10.2 Å². The Balaban J connectivity index is 1.75. The van der Waals surface area contributed by atoms with Gasteiger partial charge in [0, 0.05) is 36.1 Å². The number of carbonyl (C=O) groups is 1. The fourth-order valence-electron chi connectivity index (χ4n) is 3.24. The third-order valence-corrected chi connectivity index (χ3v) is 4.91. The van der Waals surface area contributed by atoms with Crippen molar-refractivity contribution in [3.8, 4) is 11.3 Å². The Hall–Kier alpha value is -3.48. The van der Waals surface area contributed by atoms with Crippen LogP contribution in [0.3, 0.4) is 0 Å². The van der Waals surface area contributed by atoms with Crippen molar-refractivity contribution < 1.29 is 9.18 Å². The highest BCUT2D eigenvalue weighted by molar-refractivity contribution is 5.91. The van der Waals surface area contributed by atoms with Gasteiger partial charge in [0.25, 0.3) is 5.56 Å². The van der Waals surface area contributed by atoms with Crippen molar-refractivity contribution in [2.75, 3.05) is 23.3 Å². The highest BCUT2D eigenvalue weighted by Gasteiger charge is 2.11. The summed E-state index contributed by atoms with van der Waals surface area (Å²) in [5, 5.41) is 7.10. The van der Waals surface area contributed by atoms with Gasteiger partial charge in [0.1, 0.15) is 12.4 Å². The quantitative estimate of drug-likeness (QED) is 0.645. The molecule has 0 fully saturated rings. The van der Waals surface area contributed by atoms with Gasteiger partial charge in [-0.3, -0.25) is 9.59 Å². The summed E-state index contributed by atoms with van der Waals surface area (Å²) in [6, 6.07) is 14.6. The second kappa shape index (κ2) is 9.35. The third kappa shape index (κ3) is 4.92. The molecule has 2 aromatic carbocycles. The fraction of sp³-hybridized carbons (Fsp3) is 0.261. The normalized spacial score (nSPS) is 10.7. The van der Waals surface area contributed by atoms with Gasteiger partial charge in [-0.1, -0.05) is 0 Å². The summed E-state index contributed by atoms with van der Waals surface area (Å²) in [7, 11) is 0. The molecule has 0 atom stereocenters. The van der Waals surface area contributed by atoms with E-state index >= 15 is 0 Å². The van der Waals surface area contributed by atoms with Crippen LogP contribution in [-0.2, 0) is 11.3 Å². The molecule has 3 aromatic rings. The van der Waals surface area contributed by atoms with Crippen LogP contribution in [0.2, 0.25) is 0 Å². The maximum atomic E-state index is 13.1. The molecule has 30 heavy (non-hydrogen) atoms. The number of nitrogens with one attached hydrogen (secondary N) is 1. The highest BCUT2D eigenvalue weighted by Crippen LogP contribution is 2.22. The van der Waals surface area contributed by atoms with E-state index in [1.165, 1.54) is 18.2 Å². The highest BCUT2D eigenvalue weighted by atomic mass is 19.1. The molecule has 7 heteroatoms. The van der Waals surface area contributed by atoms with E-state index in [9.17, 15) is 14.0 Å². The Bertz CT molecular complexity index is 1090. The molecule has 0 spiro atoms. The molecule has 1 amide bonds. The van der Waals surface area contributed by atoms with E-state index in [-0.39, 0.29) is 23.8 Å². The predicted molar refractivity (Wildman–Crippen MR) is 117 cm³/mol. The molecular formula is C23H25FN4O2. The lowest BCUT2D eigenvalue weighted by Gasteiger charge is -2.22. The van der Waals surface area contributed by atoms with Gasteiger partial charge in [-0.25, -0.2) is 9.07 Å². The molecule has 0 aliphatic carbocycles. The first-order valence-electron chi connectivity index (χ1n) is 9.90. The summed E-state index contributed by atoms with van der Waals surface area (Å²) in [6.45, 7) is 7.72. The number of aryl methyl sites for hydroxylation is 1. The number of anilines is 2. The molecule has 0 saturated carbocycles. The van der Waals surface area contributed by atoms with Gasteiger partial charge in [0.05, 0.1) is 5.69 Å². The van der Waals surface area contributed by atoms with Gasteiger partial charge in [-0.2, -0.15) is 5.10 Å². The van der Waals surface area contributed by atoms with Crippen LogP contribution in [-0.4, -0.2) is 28.8 Å². The monoisotopic (exact) mass is 408 g/mol. The molecular weight excluding hydrogens is 383 g/mol. The lowest BCUT2D eigenvalue weighted by Crippen LogP contribution is -2.29. The molecule has 1 heterocycles. The summed E-state index contributed by atoms with van der Waals surface area (Å²) < 4.78 is 14.2. The van der Waals surface area contributed by atoms with Crippen LogP contribution in [0.25, 0.3) is 11.3 Å². The van der Waals surface area contributed by atoms with Gasteiger partial charge >= 0.3 is 0 Å². The summed E-state index contributed by atoms with van der Waals surface area (Å²) in [4.78, 5) is 26.9. The molecule has 6 nitrogen and oxygen atoms in total. The van der Waals surface area contributed by atoms with Crippen LogP contribution < -0.4 is 15.8 Å². The number of halogens is 1. The Morgan fingerprint density at radius 3 is 2.40 bits per heavy atom. The topological polar surface area (TPSA) is 67.2 Å². The van der Waals surface area contributed by atoms with Crippen molar-refractivity contribution in [1.29, 1.82) is 0 Å². The smallest absolute Gasteiger partial charge is 0.267 e. The molecule has 0 aliphatic heterocycles. The summed E-state index contributed by atoms with van der Waals surface area (Å²) >= 11 is 0. The van der Waals surface area contributed by atoms with Crippen LogP contribution in [0, 0.1) is 12.7 Å². The van der Waals surface area contributed by atoms with E-state index in [2.05, 4.69) is 29.2 Å². The minimum Gasteiger partial charge on any atom is -0.372 e. The number of hydrogen-bond acceptors (Lipinski definition) is 4. The van der Waals surface area contributed by atoms with Crippen molar-refractivity contribution in [3.63, 3.8) is 0 Å². The Morgan fingerprint density at radius 1 is 1.07 bits per heavy atom. The van der Waals surface area contributed by atoms with Crippen molar-refractivity contribution in [3.05, 3.63) is 76.3 Å². The molecule has 1 aromatic heterocycles. The first-order valence-corrected chi connectivity index (χ1v) is 9.90. The number of hydrogen-bond donors (Lipinski definition) is 1. The van der Waals surface area contributed by atoms with E-state index in [1.54, 1.807) is 18.2 Å². The number of aromatic nitrogens is 2. The lowest BCUT2D eigenvalue weighted by atomic mass is 10.1. The van der Waals surface area contributed by atoms with Crippen molar-refractivity contribution in [1.82, 2.24) is 9.78 Å². The summed E-state index contributed by atoms with van der Waals surface area (Å²) in [5.41, 5.74) is 3.49. The zero-order valence-electron chi connectivity index (χ0n) is 17.4. The number of benzene rings is 2. The van der Waals surface area contributed by atoms with Gasteiger partial charge in [-0.15, -0.1) is 0 Å². The second-order valence-electron chi connectivity index (χ2n) is 6.94. The number of amides is 1. The first kappa shape index (κ1) is 21.2. The number of nitrogens with zero attached hydrogens (tertiary/aromatic N) is 3. The number of rotatable bonds is 7. The molecule has 1 N–H and O–H groups in total. The number of carbonyl (C=O) groups excluding carboxylic acids is 1. The van der Waals surface area contributed by atoms with Crippen molar-refractivity contribution in [2.24, 2.45) is 0 Å². The standard InChI is InChI=1S/C23H25FN4O2/c1-4-27(5-2)19-10-11-20(16(3)14-19)25-22(29)15-28-23(30)13-12-21(26-28)17-6-8-18(24)9-7-17/h6-14H,4-5,15H2,1-3H3,(H,25,29). The van der Waals surface area contributed by atoms with E-state index in [0.29, 0.717) is 16.9 Å². The minimum absolute atomic E-state index is 0.217. The minimum atomic E-state index is -0.385. The van der Waals surface area contributed by atoms with Crippen LogP contribution in [0.1, 0.15) is 19.4 Å². The molecule has 156 valence electrons. The molecule has 3 rings (SSSR count). The van der Waals surface area contributed by atoms with E-state index in [4.69, 9.17) is 0 Å². The van der Waals surface area contributed by atoms with Crippen molar-refractivity contribution in [2.45, 2.75) is 27.3 Å². The van der Waals surface area contributed by atoms with Gasteiger partial charge in [0.2, 0.25) is 5.91 Å². The Kier molecular flexibility index (Phi) is 6.61. The first-order chi connectivity index (χ1) is 14.4. The van der Waals surface area contributed by atoms with Crippen LogP contribution in [0.5, 0.6) is 0 Å². The maximum Gasteiger partial charge on any atom is 0.267 e.